The van der Waals surface area contributed by atoms with Crippen molar-refractivity contribution in [2.24, 2.45) is 7.05 Å². The normalized spacial score (nSPS) is 10.8. The maximum absolute atomic E-state index is 10.9. The van der Waals surface area contributed by atoms with Gasteiger partial charge in [0.15, 0.2) is 0 Å². The zero-order chi connectivity index (χ0) is 15.5. The second kappa shape index (κ2) is 5.85. The summed E-state index contributed by atoms with van der Waals surface area (Å²) in [6, 6.07) is 14.4. The highest BCUT2D eigenvalue weighted by molar-refractivity contribution is 5.85. The number of nitrogens with one attached hydrogen (secondary N) is 1. The molecule has 0 spiro atoms. The van der Waals surface area contributed by atoms with Crippen molar-refractivity contribution in [2.45, 2.75) is 6.42 Å². The molecule has 3 rings (SSSR count). The zero-order valence-corrected chi connectivity index (χ0v) is 12.2. The Morgan fingerprint density at radius 1 is 1.23 bits per heavy atom. The summed E-state index contributed by atoms with van der Waals surface area (Å²) < 4.78 is 1.63. The van der Waals surface area contributed by atoms with E-state index in [2.05, 4.69) is 34.6 Å². The van der Waals surface area contributed by atoms with Crippen LogP contribution >= 0.6 is 0 Å². The van der Waals surface area contributed by atoms with Crippen molar-refractivity contribution in [2.75, 3.05) is 11.9 Å². The van der Waals surface area contributed by atoms with Crippen LogP contribution in [-0.4, -0.2) is 21.0 Å². The lowest BCUT2D eigenvalue weighted by Gasteiger charge is -2.08. The van der Waals surface area contributed by atoms with Crippen molar-refractivity contribution < 1.29 is 4.92 Å². The Kier molecular flexibility index (Phi) is 3.74. The predicted octanol–water partition coefficient (Wildman–Crippen LogP) is 3.14. The third-order valence-electron chi connectivity index (χ3n) is 3.66. The van der Waals surface area contributed by atoms with Gasteiger partial charge in [0, 0.05) is 13.6 Å². The molecule has 1 aromatic heterocycles. The second-order valence-electron chi connectivity index (χ2n) is 5.10. The van der Waals surface area contributed by atoms with Gasteiger partial charge in [-0.15, -0.1) is 0 Å². The molecule has 0 saturated carbocycles. The van der Waals surface area contributed by atoms with E-state index in [0.29, 0.717) is 12.4 Å². The summed E-state index contributed by atoms with van der Waals surface area (Å²) in [4.78, 5) is 14.3. The highest BCUT2D eigenvalue weighted by Crippen LogP contribution is 2.22. The standard InChI is InChI=1S/C16H16N4O2/c1-19-11-18-16(20(21)22)15(19)17-10-9-13-7-4-6-12-5-2-3-8-14(12)13/h2-8,11,17H,9-10H2,1H3. The van der Waals surface area contributed by atoms with Crippen LogP contribution in [0.4, 0.5) is 11.6 Å². The van der Waals surface area contributed by atoms with Gasteiger partial charge in [0.2, 0.25) is 12.1 Å². The second-order valence-corrected chi connectivity index (χ2v) is 5.10. The number of hydrogen-bond acceptors (Lipinski definition) is 4. The fraction of sp³-hybridized carbons (Fsp3) is 0.188. The zero-order valence-electron chi connectivity index (χ0n) is 12.2. The number of nitrogens with zero attached hydrogens (tertiary/aromatic N) is 3. The molecule has 6 heteroatoms. The quantitative estimate of drug-likeness (QED) is 0.580. The molecule has 0 unspecified atom stereocenters. The van der Waals surface area contributed by atoms with Crippen molar-refractivity contribution in [1.29, 1.82) is 0 Å². The number of imidazole rings is 1. The van der Waals surface area contributed by atoms with Crippen LogP contribution in [0.3, 0.4) is 0 Å². The van der Waals surface area contributed by atoms with E-state index in [9.17, 15) is 10.1 Å². The first-order valence-corrected chi connectivity index (χ1v) is 7.03. The lowest BCUT2D eigenvalue weighted by atomic mass is 10.0. The van der Waals surface area contributed by atoms with Crippen molar-refractivity contribution >= 4 is 22.4 Å². The molecular formula is C16H16N4O2. The Morgan fingerprint density at radius 2 is 2.00 bits per heavy atom. The lowest BCUT2D eigenvalue weighted by molar-refractivity contribution is -0.388. The Balaban J connectivity index is 1.76. The van der Waals surface area contributed by atoms with Gasteiger partial charge in [0.1, 0.15) is 0 Å². The van der Waals surface area contributed by atoms with Gasteiger partial charge in [-0.2, -0.15) is 0 Å². The van der Waals surface area contributed by atoms with Gasteiger partial charge in [-0.25, -0.2) is 0 Å². The first-order chi connectivity index (χ1) is 10.7. The molecule has 112 valence electrons. The molecule has 0 radical (unpaired) electrons. The molecule has 22 heavy (non-hydrogen) atoms. The van der Waals surface area contributed by atoms with Gasteiger partial charge in [-0.3, -0.25) is 4.57 Å². The molecule has 0 fully saturated rings. The van der Waals surface area contributed by atoms with Crippen molar-refractivity contribution in [3.8, 4) is 0 Å². The van der Waals surface area contributed by atoms with Crippen LogP contribution in [0.25, 0.3) is 10.8 Å². The van der Waals surface area contributed by atoms with Gasteiger partial charge < -0.3 is 15.4 Å². The summed E-state index contributed by atoms with van der Waals surface area (Å²) in [5, 5.41) is 16.5. The first-order valence-electron chi connectivity index (χ1n) is 7.03. The van der Waals surface area contributed by atoms with E-state index >= 15 is 0 Å². The van der Waals surface area contributed by atoms with E-state index in [1.165, 1.54) is 22.7 Å². The van der Waals surface area contributed by atoms with E-state index in [1.54, 1.807) is 11.6 Å². The van der Waals surface area contributed by atoms with Crippen LogP contribution in [0, 0.1) is 10.1 Å². The minimum atomic E-state index is -0.472. The predicted molar refractivity (Wildman–Crippen MR) is 86.0 cm³/mol. The number of nitro groups is 1. The molecule has 1 heterocycles. The fourth-order valence-corrected chi connectivity index (χ4v) is 2.58. The third-order valence-corrected chi connectivity index (χ3v) is 3.66. The Hall–Kier alpha value is -2.89. The molecule has 1 N–H and O–H groups in total. The SMILES string of the molecule is Cn1cnc([N+](=O)[O-])c1NCCc1cccc2ccccc12. The topological polar surface area (TPSA) is 73.0 Å². The summed E-state index contributed by atoms with van der Waals surface area (Å²) in [7, 11) is 1.74. The monoisotopic (exact) mass is 296 g/mol. The van der Waals surface area contributed by atoms with Crippen LogP contribution in [0.15, 0.2) is 48.8 Å². The molecular weight excluding hydrogens is 280 g/mol. The van der Waals surface area contributed by atoms with Crippen LogP contribution in [0.5, 0.6) is 0 Å². The number of hydrogen-bond donors (Lipinski definition) is 1. The average molecular weight is 296 g/mol. The molecule has 0 aliphatic heterocycles. The van der Waals surface area contributed by atoms with Crippen LogP contribution in [-0.2, 0) is 13.5 Å². The van der Waals surface area contributed by atoms with E-state index in [-0.39, 0.29) is 5.82 Å². The van der Waals surface area contributed by atoms with E-state index < -0.39 is 4.92 Å². The van der Waals surface area contributed by atoms with Gasteiger partial charge in [0.25, 0.3) is 0 Å². The Bertz CT molecular complexity index is 821. The van der Waals surface area contributed by atoms with Gasteiger partial charge in [-0.05, 0) is 32.7 Å². The van der Waals surface area contributed by atoms with Crippen LogP contribution in [0.1, 0.15) is 5.56 Å². The number of benzene rings is 2. The first kappa shape index (κ1) is 14.1. The van der Waals surface area contributed by atoms with E-state index in [1.807, 2.05) is 18.2 Å². The third kappa shape index (κ3) is 2.63. The largest absolute Gasteiger partial charge is 0.406 e. The minimum absolute atomic E-state index is 0.139. The van der Waals surface area contributed by atoms with Gasteiger partial charge >= 0.3 is 5.82 Å². The molecule has 0 saturated heterocycles. The summed E-state index contributed by atoms with van der Waals surface area (Å²) in [5.41, 5.74) is 1.22. The highest BCUT2D eigenvalue weighted by Gasteiger charge is 2.19. The van der Waals surface area contributed by atoms with Crippen LogP contribution in [0.2, 0.25) is 0 Å². The van der Waals surface area contributed by atoms with Crippen molar-refractivity contribution in [3.63, 3.8) is 0 Å². The van der Waals surface area contributed by atoms with E-state index in [0.717, 1.165) is 6.42 Å². The Morgan fingerprint density at radius 3 is 2.82 bits per heavy atom. The number of aromatic nitrogens is 2. The molecule has 6 nitrogen and oxygen atoms in total. The molecule has 3 aromatic rings. The highest BCUT2D eigenvalue weighted by atomic mass is 16.6. The fourth-order valence-electron chi connectivity index (χ4n) is 2.58. The summed E-state index contributed by atoms with van der Waals surface area (Å²) >= 11 is 0. The maximum atomic E-state index is 10.9. The lowest BCUT2D eigenvalue weighted by Crippen LogP contribution is -2.09. The van der Waals surface area contributed by atoms with Crippen molar-refractivity contribution in [1.82, 2.24) is 9.55 Å². The van der Waals surface area contributed by atoms with E-state index in [4.69, 9.17) is 0 Å². The van der Waals surface area contributed by atoms with Gasteiger partial charge in [0.05, 0.1) is 0 Å². The number of aryl methyl sites for hydroxylation is 1. The summed E-state index contributed by atoms with van der Waals surface area (Å²) in [6.07, 6.45) is 2.22. The molecule has 0 atom stereocenters. The minimum Gasteiger partial charge on any atom is -0.364 e. The molecule has 0 bridgehead atoms. The smallest absolute Gasteiger partial charge is 0.364 e. The summed E-state index contributed by atoms with van der Waals surface area (Å²) in [5.74, 6) is 0.297. The van der Waals surface area contributed by atoms with Crippen LogP contribution < -0.4 is 5.32 Å². The number of fused-ring (bicyclic) bond motifs is 1. The van der Waals surface area contributed by atoms with Crippen molar-refractivity contribution in [3.05, 3.63) is 64.5 Å². The summed E-state index contributed by atoms with van der Waals surface area (Å²) in [6.45, 7) is 0.606. The molecule has 0 aliphatic carbocycles. The molecule has 0 aliphatic rings. The number of rotatable bonds is 5. The van der Waals surface area contributed by atoms with Gasteiger partial charge in [-0.1, -0.05) is 42.5 Å². The average Bonchev–Trinajstić information content (AvgIpc) is 2.89. The maximum Gasteiger partial charge on any atom is 0.406 e. The molecule has 2 aromatic carbocycles. The Labute approximate surface area is 127 Å². The number of anilines is 1. The molecule has 0 amide bonds.